The minimum atomic E-state index is -4.36. The number of carbonyl (C=O) groups is 1. The maximum Gasteiger partial charge on any atom is 0.410 e. The molecule has 2 atom stereocenters. The van der Waals surface area contributed by atoms with Crippen molar-refractivity contribution in [1.29, 1.82) is 0 Å². The summed E-state index contributed by atoms with van der Waals surface area (Å²) in [5.74, 6) is 0.389. The van der Waals surface area contributed by atoms with Crippen molar-refractivity contribution in [3.8, 4) is 0 Å². The van der Waals surface area contributed by atoms with Crippen LogP contribution in [0.4, 0.5) is 19.0 Å². The average molecular weight is 435 g/mol. The molecule has 0 spiro atoms. The zero-order chi connectivity index (χ0) is 22.4. The third-order valence-electron chi connectivity index (χ3n) is 6.36. The van der Waals surface area contributed by atoms with Crippen molar-refractivity contribution in [1.82, 2.24) is 19.7 Å². The zero-order valence-corrected chi connectivity index (χ0v) is 18.0. The number of amides is 1. The molecule has 168 valence electrons. The number of anilines is 1. The highest BCUT2D eigenvalue weighted by Crippen LogP contribution is 2.44. The number of carbonyl (C=O) groups excluding carboxylic acids is 1. The summed E-state index contributed by atoms with van der Waals surface area (Å²) in [6.07, 6.45) is 0.106. The number of likely N-dealkylation sites (tertiary alicyclic amines) is 1. The van der Waals surface area contributed by atoms with Gasteiger partial charge in [0.05, 0.1) is 11.3 Å². The number of pyridine rings is 1. The van der Waals surface area contributed by atoms with Gasteiger partial charge in [-0.2, -0.15) is 18.3 Å². The first-order valence-electron chi connectivity index (χ1n) is 10.7. The Hall–Kier alpha value is -2.58. The molecule has 4 heterocycles. The number of hydrogen-bond donors (Lipinski definition) is 1. The molecule has 2 aromatic heterocycles. The van der Waals surface area contributed by atoms with Gasteiger partial charge in [0.2, 0.25) is 0 Å². The van der Waals surface area contributed by atoms with E-state index in [4.69, 9.17) is 0 Å². The van der Waals surface area contributed by atoms with E-state index in [-0.39, 0.29) is 29.7 Å². The van der Waals surface area contributed by atoms with E-state index in [1.807, 2.05) is 20.8 Å². The van der Waals surface area contributed by atoms with Crippen molar-refractivity contribution in [3.05, 3.63) is 41.9 Å². The summed E-state index contributed by atoms with van der Waals surface area (Å²) in [6, 6.07) is 3.30. The molecule has 0 bridgehead atoms. The van der Waals surface area contributed by atoms with E-state index in [2.05, 4.69) is 15.4 Å². The first-order valence-corrected chi connectivity index (χ1v) is 10.7. The lowest BCUT2D eigenvalue weighted by molar-refractivity contribution is -0.175. The van der Waals surface area contributed by atoms with Crippen LogP contribution in [0.25, 0.3) is 0 Å². The molecule has 1 N–H and O–H groups in total. The molecule has 4 rings (SSSR count). The Morgan fingerprint density at radius 1 is 1.19 bits per heavy atom. The third kappa shape index (κ3) is 4.41. The number of halogens is 3. The summed E-state index contributed by atoms with van der Waals surface area (Å²) in [5, 5.41) is 7.66. The standard InChI is InChI=1S/C22H28F3N5O/c1-21(2,3)17-12-18(22(23,24)25)30-19(27-17)11-16(28-30)14-6-9-29(10-7-14)20(31)15-5-4-8-26-13-15/h4-5,8,11,13-14,17-18,27H,6-7,9-10,12H2,1-3H3/t17-,18+/m0/s1. The Bertz CT molecular complexity index is 927. The highest BCUT2D eigenvalue weighted by Gasteiger charge is 2.48. The maximum absolute atomic E-state index is 13.8. The quantitative estimate of drug-likeness (QED) is 0.747. The van der Waals surface area contributed by atoms with Crippen molar-refractivity contribution in [2.75, 3.05) is 18.4 Å². The maximum atomic E-state index is 13.8. The fourth-order valence-corrected chi connectivity index (χ4v) is 4.41. The van der Waals surface area contributed by atoms with Gasteiger partial charge in [0.1, 0.15) is 5.82 Å². The molecule has 0 saturated carbocycles. The van der Waals surface area contributed by atoms with Crippen molar-refractivity contribution < 1.29 is 18.0 Å². The molecule has 0 aromatic carbocycles. The lowest BCUT2D eigenvalue weighted by Gasteiger charge is -2.39. The van der Waals surface area contributed by atoms with Crippen LogP contribution >= 0.6 is 0 Å². The monoisotopic (exact) mass is 435 g/mol. The number of hydrogen-bond acceptors (Lipinski definition) is 4. The fraction of sp³-hybridized carbons (Fsp3) is 0.591. The van der Waals surface area contributed by atoms with E-state index in [9.17, 15) is 18.0 Å². The summed E-state index contributed by atoms with van der Waals surface area (Å²) in [6.45, 7) is 6.92. The second-order valence-electron chi connectivity index (χ2n) is 9.56. The lowest BCUT2D eigenvalue weighted by Crippen LogP contribution is -2.44. The van der Waals surface area contributed by atoms with Crippen molar-refractivity contribution >= 4 is 11.7 Å². The summed E-state index contributed by atoms with van der Waals surface area (Å²) >= 11 is 0. The van der Waals surface area contributed by atoms with Gasteiger partial charge < -0.3 is 10.2 Å². The third-order valence-corrected chi connectivity index (χ3v) is 6.36. The Labute approximate surface area is 179 Å². The largest absolute Gasteiger partial charge is 0.410 e. The first kappa shape index (κ1) is 21.6. The fourth-order valence-electron chi connectivity index (χ4n) is 4.41. The van der Waals surface area contributed by atoms with Gasteiger partial charge in [-0.15, -0.1) is 0 Å². The van der Waals surface area contributed by atoms with E-state index in [0.717, 1.165) is 4.68 Å². The number of piperidine rings is 1. The average Bonchev–Trinajstić information content (AvgIpc) is 3.16. The van der Waals surface area contributed by atoms with Crippen molar-refractivity contribution in [2.24, 2.45) is 5.41 Å². The van der Waals surface area contributed by atoms with Crippen LogP contribution in [0, 0.1) is 5.41 Å². The smallest absolute Gasteiger partial charge is 0.367 e. The van der Waals surface area contributed by atoms with Gasteiger partial charge in [0.25, 0.3) is 5.91 Å². The lowest BCUT2D eigenvalue weighted by atomic mass is 9.82. The van der Waals surface area contributed by atoms with Gasteiger partial charge in [-0.3, -0.25) is 9.78 Å². The van der Waals surface area contributed by atoms with Gasteiger partial charge in [-0.1, -0.05) is 20.8 Å². The SMILES string of the molecule is CC(C)(C)[C@@H]1C[C@H](C(F)(F)F)n2nc(C3CCN(C(=O)c4cccnc4)CC3)cc2N1. The van der Waals surface area contributed by atoms with E-state index in [0.29, 0.717) is 43.0 Å². The van der Waals surface area contributed by atoms with Gasteiger partial charge in [-0.25, -0.2) is 4.68 Å². The normalized spacial score (nSPS) is 22.7. The van der Waals surface area contributed by atoms with Crippen LogP contribution in [0.3, 0.4) is 0 Å². The van der Waals surface area contributed by atoms with E-state index in [1.165, 1.54) is 0 Å². The molecule has 9 heteroatoms. The van der Waals surface area contributed by atoms with Crippen molar-refractivity contribution in [2.45, 2.75) is 64.2 Å². The molecule has 1 fully saturated rings. The molecule has 6 nitrogen and oxygen atoms in total. The second kappa shape index (κ2) is 7.84. The number of aromatic nitrogens is 3. The summed E-state index contributed by atoms with van der Waals surface area (Å²) < 4.78 is 42.5. The van der Waals surface area contributed by atoms with Crippen LogP contribution in [0.2, 0.25) is 0 Å². The molecule has 31 heavy (non-hydrogen) atoms. The Morgan fingerprint density at radius 3 is 2.48 bits per heavy atom. The minimum absolute atomic E-state index is 0.0276. The molecule has 0 unspecified atom stereocenters. The predicted octanol–water partition coefficient (Wildman–Crippen LogP) is 4.63. The minimum Gasteiger partial charge on any atom is -0.367 e. The van der Waals surface area contributed by atoms with Crippen LogP contribution in [0.1, 0.15) is 68.0 Å². The number of fused-ring (bicyclic) bond motifs is 1. The van der Waals surface area contributed by atoms with Gasteiger partial charge in [0, 0.05) is 43.5 Å². The molecule has 2 aromatic rings. The van der Waals surface area contributed by atoms with Gasteiger partial charge >= 0.3 is 6.18 Å². The van der Waals surface area contributed by atoms with E-state index < -0.39 is 12.2 Å². The molecule has 0 radical (unpaired) electrons. The number of alkyl halides is 3. The first-order chi connectivity index (χ1) is 14.5. The van der Waals surface area contributed by atoms with Gasteiger partial charge in [0.15, 0.2) is 6.04 Å². The number of rotatable bonds is 2. The van der Waals surface area contributed by atoms with Crippen LogP contribution in [-0.4, -0.2) is 50.9 Å². The highest BCUT2D eigenvalue weighted by molar-refractivity contribution is 5.93. The Balaban J connectivity index is 1.50. The van der Waals surface area contributed by atoms with E-state index in [1.54, 1.807) is 35.5 Å². The molecule has 2 aliphatic heterocycles. The molecule has 1 amide bonds. The summed E-state index contributed by atoms with van der Waals surface area (Å²) in [5.41, 5.74) is 0.903. The van der Waals surface area contributed by atoms with Crippen LogP contribution in [-0.2, 0) is 0 Å². The van der Waals surface area contributed by atoms with Crippen LogP contribution in [0.15, 0.2) is 30.6 Å². The Morgan fingerprint density at radius 2 is 1.90 bits per heavy atom. The predicted molar refractivity (Wildman–Crippen MR) is 111 cm³/mol. The van der Waals surface area contributed by atoms with Crippen LogP contribution in [0.5, 0.6) is 0 Å². The summed E-state index contributed by atoms with van der Waals surface area (Å²) in [7, 11) is 0. The highest BCUT2D eigenvalue weighted by atomic mass is 19.4. The zero-order valence-electron chi connectivity index (χ0n) is 18.0. The Kier molecular flexibility index (Phi) is 5.47. The molecule has 0 aliphatic carbocycles. The van der Waals surface area contributed by atoms with E-state index >= 15 is 0 Å². The molecule has 2 aliphatic rings. The van der Waals surface area contributed by atoms with Gasteiger partial charge in [-0.05, 0) is 36.8 Å². The molecular formula is C22H28F3N5O. The topological polar surface area (TPSA) is 63.1 Å². The van der Waals surface area contributed by atoms with Crippen LogP contribution < -0.4 is 5.32 Å². The molecular weight excluding hydrogens is 407 g/mol. The number of nitrogens with one attached hydrogen (secondary N) is 1. The molecule has 1 saturated heterocycles. The summed E-state index contributed by atoms with van der Waals surface area (Å²) in [4.78, 5) is 18.4. The number of nitrogens with zero attached hydrogens (tertiary/aromatic N) is 4. The van der Waals surface area contributed by atoms with Crippen molar-refractivity contribution in [3.63, 3.8) is 0 Å². The second-order valence-corrected chi connectivity index (χ2v) is 9.56.